The maximum atomic E-state index is 2.47. The summed E-state index contributed by atoms with van der Waals surface area (Å²) in [6, 6.07) is 64.8. The molecule has 8 aromatic carbocycles. The van der Waals surface area contributed by atoms with E-state index in [1.165, 1.54) is 81.1 Å². The molecule has 0 atom stereocenters. The Bertz CT molecular complexity index is 2710. The Hall–Kier alpha value is -5.96. The number of hydrogen-bond acceptors (Lipinski definition) is 2. The molecule has 0 unspecified atom stereocenters. The van der Waals surface area contributed by atoms with Crippen LogP contribution in [0.25, 0.3) is 64.3 Å². The van der Waals surface area contributed by atoms with Crippen molar-refractivity contribution in [3.05, 3.63) is 187 Å². The fourth-order valence-electron chi connectivity index (χ4n) is 8.02. The third-order valence-electron chi connectivity index (χ3n) is 10.5. The highest BCUT2D eigenvalue weighted by Crippen LogP contribution is 2.44. The van der Waals surface area contributed by atoms with Crippen LogP contribution in [0.2, 0.25) is 0 Å². The fraction of sp³-hybridized carbons (Fsp3) is 0.0800. The zero-order chi connectivity index (χ0) is 35.0. The Morgan fingerprint density at radius 2 is 1.10 bits per heavy atom. The molecule has 1 aromatic heterocycles. The molecule has 1 heterocycles. The molecule has 9 aromatic rings. The molecule has 0 radical (unpaired) electrons. The van der Waals surface area contributed by atoms with Crippen LogP contribution in [0.1, 0.15) is 25.0 Å². The van der Waals surface area contributed by atoms with Crippen molar-refractivity contribution < 1.29 is 0 Å². The molecule has 0 bridgehead atoms. The molecule has 0 saturated carbocycles. The zero-order valence-corrected chi connectivity index (χ0v) is 30.3. The van der Waals surface area contributed by atoms with E-state index < -0.39 is 0 Å². The molecule has 2 heteroatoms. The summed E-state index contributed by atoms with van der Waals surface area (Å²) >= 11 is 1.87. The van der Waals surface area contributed by atoms with Gasteiger partial charge in [-0.2, -0.15) is 0 Å². The Balaban J connectivity index is 1.23. The number of aryl methyl sites for hydroxylation is 1. The number of rotatable bonds is 8. The van der Waals surface area contributed by atoms with E-state index in [0.29, 0.717) is 0 Å². The summed E-state index contributed by atoms with van der Waals surface area (Å²) in [5.74, 6) is 0. The van der Waals surface area contributed by atoms with E-state index in [4.69, 9.17) is 0 Å². The van der Waals surface area contributed by atoms with Crippen LogP contribution in [0, 0.1) is 0 Å². The molecule has 0 fully saturated rings. The SMILES string of the molecule is CCc1ccccc1-c1cccc(N(c2ccc(-c3cccc4sc5ccccc5c34)cc2)c2cccc(-c3cccc4ccccc34)c2)c1CC. The average molecular weight is 686 g/mol. The van der Waals surface area contributed by atoms with Crippen molar-refractivity contribution in [1.82, 2.24) is 0 Å². The van der Waals surface area contributed by atoms with Gasteiger partial charge < -0.3 is 4.90 Å². The Labute approximate surface area is 310 Å². The molecule has 250 valence electrons. The minimum Gasteiger partial charge on any atom is -0.310 e. The van der Waals surface area contributed by atoms with Gasteiger partial charge >= 0.3 is 0 Å². The van der Waals surface area contributed by atoms with Crippen molar-refractivity contribution in [3.8, 4) is 33.4 Å². The molecule has 0 aliphatic rings. The summed E-state index contributed by atoms with van der Waals surface area (Å²) < 4.78 is 2.65. The number of nitrogens with zero attached hydrogens (tertiary/aromatic N) is 1. The first kappa shape index (κ1) is 32.0. The monoisotopic (exact) mass is 685 g/mol. The second kappa shape index (κ2) is 13.6. The normalized spacial score (nSPS) is 11.4. The molecular weight excluding hydrogens is 647 g/mol. The lowest BCUT2D eigenvalue weighted by atomic mass is 9.91. The minimum atomic E-state index is 0.911. The number of fused-ring (bicyclic) bond motifs is 4. The molecule has 0 amide bonds. The van der Waals surface area contributed by atoms with E-state index in [9.17, 15) is 0 Å². The Morgan fingerprint density at radius 3 is 1.96 bits per heavy atom. The molecule has 0 N–H and O–H groups in total. The van der Waals surface area contributed by atoms with Crippen molar-refractivity contribution in [3.63, 3.8) is 0 Å². The number of thiophene rings is 1. The number of anilines is 3. The molecule has 0 spiro atoms. The second-order valence-electron chi connectivity index (χ2n) is 13.4. The van der Waals surface area contributed by atoms with Crippen LogP contribution >= 0.6 is 11.3 Å². The minimum absolute atomic E-state index is 0.911. The first-order chi connectivity index (χ1) is 25.7. The van der Waals surface area contributed by atoms with Gasteiger partial charge in [0.1, 0.15) is 0 Å². The summed E-state index contributed by atoms with van der Waals surface area (Å²) in [4.78, 5) is 2.47. The van der Waals surface area contributed by atoms with Crippen molar-refractivity contribution in [1.29, 1.82) is 0 Å². The van der Waals surface area contributed by atoms with E-state index in [1.54, 1.807) is 0 Å². The van der Waals surface area contributed by atoms with Crippen molar-refractivity contribution in [2.75, 3.05) is 4.90 Å². The van der Waals surface area contributed by atoms with Crippen molar-refractivity contribution in [2.24, 2.45) is 0 Å². The maximum absolute atomic E-state index is 2.47. The second-order valence-corrected chi connectivity index (χ2v) is 14.5. The van der Waals surface area contributed by atoms with E-state index in [1.807, 2.05) is 11.3 Å². The average Bonchev–Trinajstić information content (AvgIpc) is 3.60. The van der Waals surface area contributed by atoms with Gasteiger partial charge in [0, 0.05) is 37.2 Å². The van der Waals surface area contributed by atoms with Gasteiger partial charge in [-0.3, -0.25) is 0 Å². The van der Waals surface area contributed by atoms with Crippen LogP contribution in [0.3, 0.4) is 0 Å². The highest BCUT2D eigenvalue weighted by atomic mass is 32.1. The third-order valence-corrected chi connectivity index (χ3v) is 11.6. The highest BCUT2D eigenvalue weighted by molar-refractivity contribution is 7.25. The van der Waals surface area contributed by atoms with E-state index in [2.05, 4.69) is 195 Å². The fourth-order valence-corrected chi connectivity index (χ4v) is 9.15. The first-order valence-electron chi connectivity index (χ1n) is 18.3. The van der Waals surface area contributed by atoms with Gasteiger partial charge in [-0.25, -0.2) is 0 Å². The maximum Gasteiger partial charge on any atom is 0.0499 e. The van der Waals surface area contributed by atoms with Gasteiger partial charge in [0.25, 0.3) is 0 Å². The van der Waals surface area contributed by atoms with Crippen LogP contribution in [-0.2, 0) is 12.8 Å². The number of hydrogen-bond donors (Lipinski definition) is 0. The van der Waals surface area contributed by atoms with Gasteiger partial charge in [-0.15, -0.1) is 11.3 Å². The molecule has 0 saturated heterocycles. The summed E-state index contributed by atoms with van der Waals surface area (Å²) in [6.07, 6.45) is 1.91. The molecule has 0 aliphatic carbocycles. The summed E-state index contributed by atoms with van der Waals surface area (Å²) in [7, 11) is 0. The topological polar surface area (TPSA) is 3.24 Å². The predicted octanol–water partition coefficient (Wildman–Crippen LogP) is 14.8. The smallest absolute Gasteiger partial charge is 0.0499 e. The van der Waals surface area contributed by atoms with E-state index in [-0.39, 0.29) is 0 Å². The molecular formula is C50H39NS. The lowest BCUT2D eigenvalue weighted by Gasteiger charge is -2.29. The Kier molecular flexibility index (Phi) is 8.39. The van der Waals surface area contributed by atoms with Gasteiger partial charge in [0.2, 0.25) is 0 Å². The van der Waals surface area contributed by atoms with Gasteiger partial charge in [-0.1, -0.05) is 147 Å². The van der Waals surface area contributed by atoms with Crippen molar-refractivity contribution >= 4 is 59.3 Å². The molecule has 52 heavy (non-hydrogen) atoms. The molecule has 1 nitrogen and oxygen atoms in total. The summed E-state index contributed by atoms with van der Waals surface area (Å²) in [5.41, 5.74) is 13.8. The van der Waals surface area contributed by atoms with Gasteiger partial charge in [0.05, 0.1) is 0 Å². The third kappa shape index (κ3) is 5.57. The summed E-state index contributed by atoms with van der Waals surface area (Å²) in [6.45, 7) is 4.54. The lowest BCUT2D eigenvalue weighted by Crippen LogP contribution is -2.13. The van der Waals surface area contributed by atoms with E-state index in [0.717, 1.165) is 24.2 Å². The van der Waals surface area contributed by atoms with Crippen LogP contribution in [0.15, 0.2) is 176 Å². The zero-order valence-electron chi connectivity index (χ0n) is 29.5. The van der Waals surface area contributed by atoms with Crippen molar-refractivity contribution in [2.45, 2.75) is 26.7 Å². The quantitative estimate of drug-likeness (QED) is 0.154. The first-order valence-corrected chi connectivity index (χ1v) is 19.1. The predicted molar refractivity (Wildman–Crippen MR) is 227 cm³/mol. The number of benzene rings is 8. The van der Waals surface area contributed by atoms with Gasteiger partial charge in [0.15, 0.2) is 0 Å². The largest absolute Gasteiger partial charge is 0.310 e. The molecule has 9 rings (SSSR count). The van der Waals surface area contributed by atoms with Crippen LogP contribution in [0.5, 0.6) is 0 Å². The van der Waals surface area contributed by atoms with E-state index >= 15 is 0 Å². The van der Waals surface area contributed by atoms with Crippen LogP contribution < -0.4 is 4.90 Å². The summed E-state index contributed by atoms with van der Waals surface area (Å²) in [5, 5.41) is 5.18. The van der Waals surface area contributed by atoms with Gasteiger partial charge in [-0.05, 0) is 111 Å². The Morgan fingerprint density at radius 1 is 0.442 bits per heavy atom. The lowest BCUT2D eigenvalue weighted by molar-refractivity contribution is 1.10. The van der Waals surface area contributed by atoms with Crippen LogP contribution in [0.4, 0.5) is 17.1 Å². The standard InChI is InChI=1S/C50H39NS/c1-3-34-15-5-7-20-41(34)45-25-13-26-47(40(45)4-2)51(39-19-11-18-37(33-39)43-23-12-17-35-16-6-8-21-42(35)43)38-31-29-36(30-32-38)44-24-14-28-49-50(44)46-22-9-10-27-48(46)52-49/h5-33H,3-4H2,1-2H3. The highest BCUT2D eigenvalue weighted by Gasteiger charge is 2.21. The molecule has 0 aliphatic heterocycles. The van der Waals surface area contributed by atoms with Crippen LogP contribution in [-0.4, -0.2) is 0 Å².